The number of H-pyrrole nitrogens is 1. The zero-order valence-electron chi connectivity index (χ0n) is 14.1. The molecule has 0 radical (unpaired) electrons. The van der Waals surface area contributed by atoms with Crippen molar-refractivity contribution in [2.45, 2.75) is 50.7 Å². The number of fused-ring (bicyclic) bond motifs is 2. The van der Waals surface area contributed by atoms with Crippen LogP contribution in [0.4, 0.5) is 0 Å². The molecule has 9 nitrogen and oxygen atoms in total. The Labute approximate surface area is 149 Å². The highest BCUT2D eigenvalue weighted by Crippen LogP contribution is 2.54. The molecular weight excluding hydrogens is 371 g/mol. The number of hydrogen-bond acceptors (Lipinski definition) is 7. The summed E-state index contributed by atoms with van der Waals surface area (Å²) in [5.41, 5.74) is -1.44. The highest BCUT2D eigenvalue weighted by Gasteiger charge is 2.60. The highest BCUT2D eigenvalue weighted by molar-refractivity contribution is 8.07. The van der Waals surface area contributed by atoms with Crippen LogP contribution in [0.15, 0.2) is 15.8 Å². The number of hydrogen-bond donors (Lipinski definition) is 2. The van der Waals surface area contributed by atoms with E-state index in [0.29, 0.717) is 25.0 Å². The van der Waals surface area contributed by atoms with Gasteiger partial charge in [-0.2, -0.15) is 0 Å². The van der Waals surface area contributed by atoms with Gasteiger partial charge in [-0.1, -0.05) is 6.92 Å². The highest BCUT2D eigenvalue weighted by atomic mass is 32.5. The Morgan fingerprint density at radius 3 is 2.92 bits per heavy atom. The van der Waals surface area contributed by atoms with Gasteiger partial charge in [-0.25, -0.2) is 4.79 Å². The fraction of sp³-hybridized carbons (Fsp3) is 0.714. The van der Waals surface area contributed by atoms with Crippen LogP contribution in [-0.4, -0.2) is 46.0 Å². The molecule has 25 heavy (non-hydrogen) atoms. The Bertz CT molecular complexity index is 824. The molecule has 2 aliphatic heterocycles. The van der Waals surface area contributed by atoms with Gasteiger partial charge >= 0.3 is 12.4 Å². The molecule has 2 aliphatic rings. The second-order valence-electron chi connectivity index (χ2n) is 6.17. The minimum Gasteiger partial charge on any atom is -0.371 e. The monoisotopic (exact) mass is 392 g/mol. The maximum Gasteiger partial charge on any atom is 0.330 e. The Morgan fingerprint density at radius 2 is 2.28 bits per heavy atom. The molecule has 2 saturated heterocycles. The van der Waals surface area contributed by atoms with Crippen LogP contribution in [0.1, 0.15) is 31.6 Å². The van der Waals surface area contributed by atoms with Crippen LogP contribution in [-0.2, 0) is 30.3 Å². The molecule has 11 heteroatoms. The largest absolute Gasteiger partial charge is 0.371 e. The van der Waals surface area contributed by atoms with Crippen LogP contribution in [0.25, 0.3) is 0 Å². The molecule has 0 spiro atoms. The molecule has 0 aromatic carbocycles. The third-order valence-electron chi connectivity index (χ3n) is 4.78. The first kappa shape index (κ1) is 18.9. The first-order valence-electron chi connectivity index (χ1n) is 7.91. The van der Waals surface area contributed by atoms with Crippen molar-refractivity contribution in [3.8, 4) is 0 Å². The summed E-state index contributed by atoms with van der Waals surface area (Å²) in [4.78, 5) is 36.2. The van der Waals surface area contributed by atoms with E-state index in [1.54, 1.807) is 6.92 Å². The molecule has 2 bridgehead atoms. The van der Waals surface area contributed by atoms with Crippen LogP contribution in [0.5, 0.6) is 0 Å². The molecule has 0 amide bonds. The zero-order valence-corrected chi connectivity index (χ0v) is 15.8. The minimum absolute atomic E-state index is 0.372. The van der Waals surface area contributed by atoms with E-state index in [-0.39, 0.29) is 0 Å². The fourth-order valence-electron chi connectivity index (χ4n) is 3.36. The lowest BCUT2D eigenvalue weighted by molar-refractivity contribution is -0.117. The summed E-state index contributed by atoms with van der Waals surface area (Å²) in [6.07, 6.45) is 0.373. The van der Waals surface area contributed by atoms with E-state index in [2.05, 4.69) is 4.98 Å². The van der Waals surface area contributed by atoms with Crippen LogP contribution in [0.3, 0.4) is 0 Å². The number of aromatic nitrogens is 2. The van der Waals surface area contributed by atoms with Crippen LogP contribution in [0, 0.1) is 6.92 Å². The Kier molecular flexibility index (Phi) is 5.06. The predicted molar refractivity (Wildman–Crippen MR) is 91.9 cm³/mol. The standard InChI is InChI=1S/C14H21N2O7PS/c1-4-14-5-6-21-9(10(14)23-24(19,25)20-3)12(22-14)16-7-8(2)11(17)15-13(16)18/h7,9-10,12H,4-6H2,1-3H3,(H,19,25)(H,15,17,18)/t9?,10-,12-,14+,24?/m1/s1. The summed E-state index contributed by atoms with van der Waals surface area (Å²) < 4.78 is 23.8. The third kappa shape index (κ3) is 3.28. The molecule has 3 rings (SSSR count). The van der Waals surface area contributed by atoms with Crippen LogP contribution < -0.4 is 11.2 Å². The topological polar surface area (TPSA) is 112 Å². The minimum atomic E-state index is -3.45. The molecule has 3 heterocycles. The fourth-order valence-corrected chi connectivity index (χ4v) is 4.32. The van der Waals surface area contributed by atoms with Crippen molar-refractivity contribution in [3.05, 3.63) is 32.6 Å². The van der Waals surface area contributed by atoms with E-state index < -0.39 is 42.0 Å². The van der Waals surface area contributed by atoms with Gasteiger partial charge in [0.15, 0.2) is 6.23 Å². The molecule has 2 unspecified atom stereocenters. The lowest BCUT2D eigenvalue weighted by Crippen LogP contribution is -2.49. The van der Waals surface area contributed by atoms with Crippen molar-refractivity contribution >= 4 is 18.5 Å². The number of rotatable bonds is 5. The van der Waals surface area contributed by atoms with Gasteiger partial charge in [-0.3, -0.25) is 18.9 Å². The number of aromatic amines is 1. The summed E-state index contributed by atoms with van der Waals surface area (Å²) in [6.45, 7) is 0.495. The summed E-state index contributed by atoms with van der Waals surface area (Å²) >= 11 is 4.97. The van der Waals surface area contributed by atoms with Gasteiger partial charge in [-0.15, -0.1) is 0 Å². The van der Waals surface area contributed by atoms with Gasteiger partial charge in [0.2, 0.25) is 0 Å². The maximum absolute atomic E-state index is 12.3. The first-order chi connectivity index (χ1) is 11.7. The summed E-state index contributed by atoms with van der Waals surface area (Å²) in [5.74, 6) is 0. The van der Waals surface area contributed by atoms with Crippen molar-refractivity contribution in [1.82, 2.24) is 9.55 Å². The van der Waals surface area contributed by atoms with Crippen molar-refractivity contribution in [1.29, 1.82) is 0 Å². The smallest absolute Gasteiger partial charge is 0.330 e. The summed E-state index contributed by atoms with van der Waals surface area (Å²) in [5, 5.41) is 0. The molecular formula is C14H21N2O7PS. The van der Waals surface area contributed by atoms with Crippen molar-refractivity contribution in [3.63, 3.8) is 0 Å². The first-order valence-corrected chi connectivity index (χ1v) is 10.5. The Balaban J connectivity index is 2.04. The van der Waals surface area contributed by atoms with Gasteiger partial charge < -0.3 is 18.9 Å². The molecule has 140 valence electrons. The maximum atomic E-state index is 12.3. The molecule has 0 aliphatic carbocycles. The SMILES string of the molecule is CC[C@@]12CCOC([C@H](n3cc(C)c(=O)[nH]c3=O)O1)[C@H]2OP(O)(=S)OC. The van der Waals surface area contributed by atoms with Crippen LogP contribution in [0.2, 0.25) is 0 Å². The summed E-state index contributed by atoms with van der Waals surface area (Å²) in [7, 11) is 1.28. The van der Waals surface area contributed by atoms with E-state index >= 15 is 0 Å². The number of ether oxygens (including phenoxy) is 2. The van der Waals surface area contributed by atoms with Gasteiger partial charge in [0, 0.05) is 25.3 Å². The molecule has 2 N–H and O–H groups in total. The van der Waals surface area contributed by atoms with Crippen molar-refractivity contribution in [2.24, 2.45) is 0 Å². The van der Waals surface area contributed by atoms with E-state index in [0.717, 1.165) is 0 Å². The van der Waals surface area contributed by atoms with E-state index in [1.807, 2.05) is 6.92 Å². The molecule has 0 saturated carbocycles. The van der Waals surface area contributed by atoms with E-state index in [9.17, 15) is 14.5 Å². The number of aryl methyl sites for hydroxylation is 1. The predicted octanol–water partition coefficient (Wildman–Crippen LogP) is 0.560. The molecule has 1 aromatic heterocycles. The summed E-state index contributed by atoms with van der Waals surface area (Å²) in [6, 6.07) is 0. The zero-order chi connectivity index (χ0) is 18.4. The number of nitrogens with zero attached hydrogens (tertiary/aromatic N) is 1. The molecule has 5 atom stereocenters. The van der Waals surface area contributed by atoms with Crippen molar-refractivity contribution in [2.75, 3.05) is 13.7 Å². The van der Waals surface area contributed by atoms with Crippen molar-refractivity contribution < 1.29 is 23.4 Å². The lowest BCUT2D eigenvalue weighted by Gasteiger charge is -2.38. The number of nitrogens with one attached hydrogen (secondary N) is 1. The van der Waals surface area contributed by atoms with Gasteiger partial charge in [-0.05, 0) is 25.2 Å². The van der Waals surface area contributed by atoms with E-state index in [1.165, 1.54) is 17.9 Å². The molecule has 1 aromatic rings. The van der Waals surface area contributed by atoms with Crippen LogP contribution >= 0.6 is 6.72 Å². The second-order valence-corrected chi connectivity index (χ2v) is 9.07. The average Bonchev–Trinajstić information content (AvgIpc) is 2.73. The van der Waals surface area contributed by atoms with E-state index in [4.69, 9.17) is 30.3 Å². The Hall–Kier alpha value is -0.870. The van der Waals surface area contributed by atoms with Gasteiger partial charge in [0.05, 0.1) is 6.61 Å². The lowest BCUT2D eigenvalue weighted by atomic mass is 9.87. The average molecular weight is 392 g/mol. The second kappa shape index (κ2) is 6.70. The Morgan fingerprint density at radius 1 is 1.56 bits per heavy atom. The molecule has 2 fully saturated rings. The quantitative estimate of drug-likeness (QED) is 0.699. The third-order valence-corrected chi connectivity index (χ3v) is 6.45. The van der Waals surface area contributed by atoms with Gasteiger partial charge in [0.1, 0.15) is 17.8 Å². The van der Waals surface area contributed by atoms with Gasteiger partial charge in [0.25, 0.3) is 5.56 Å². The normalized spacial score (nSPS) is 34.0.